The predicted molar refractivity (Wildman–Crippen MR) is 133 cm³/mol. The minimum Gasteiger partial charge on any atom is -0.395 e. The number of aliphatic hydroxyl groups excluding tert-OH is 1. The molecule has 1 aliphatic carbocycles. The van der Waals surface area contributed by atoms with Crippen molar-refractivity contribution in [3.8, 4) is 22.5 Å². The molecule has 0 atom stereocenters. The van der Waals surface area contributed by atoms with Gasteiger partial charge >= 0.3 is 6.03 Å². The molecule has 2 aromatic carbocycles. The monoisotopic (exact) mass is 498 g/mol. The molecule has 10 nitrogen and oxygen atoms in total. The van der Waals surface area contributed by atoms with Gasteiger partial charge in [-0.25, -0.2) is 9.80 Å². The number of morpholine rings is 1. The van der Waals surface area contributed by atoms with Crippen LogP contribution in [0, 0.1) is 0 Å². The number of aromatic amines is 1. The highest BCUT2D eigenvalue weighted by atomic mass is 35.5. The molecule has 0 spiro atoms. The number of hydrazine groups is 1. The molecular formula is C24H27ClN6O4. The maximum atomic E-state index is 13.5. The fraction of sp³-hybridized carbons (Fsp3) is 0.292. The number of urea groups is 1. The number of carbonyl (C=O) groups is 2. The average Bonchev–Trinajstić information content (AvgIpc) is 3.41. The van der Waals surface area contributed by atoms with Gasteiger partial charge in [0.1, 0.15) is 5.69 Å². The van der Waals surface area contributed by atoms with E-state index in [1.165, 1.54) is 0 Å². The number of fused-ring (bicyclic) bond motifs is 3. The van der Waals surface area contributed by atoms with Gasteiger partial charge in [0.05, 0.1) is 42.3 Å². The van der Waals surface area contributed by atoms with Gasteiger partial charge in [-0.2, -0.15) is 5.10 Å². The molecule has 0 radical (unpaired) electrons. The van der Waals surface area contributed by atoms with Crippen molar-refractivity contribution in [2.45, 2.75) is 6.54 Å². The SMILES string of the molecule is Cl.O=C(Nc1cccc2c1C(=O)c1c(-c3ccc(CNCCO)cc3)n[nH]c1-2)NN1CCOCC1. The van der Waals surface area contributed by atoms with Gasteiger partial charge < -0.3 is 20.5 Å². The molecule has 2 amide bonds. The summed E-state index contributed by atoms with van der Waals surface area (Å²) in [7, 11) is 0. The van der Waals surface area contributed by atoms with Crippen molar-refractivity contribution in [2.75, 3.05) is 44.8 Å². The lowest BCUT2D eigenvalue weighted by atomic mass is 10.0. The van der Waals surface area contributed by atoms with Crippen LogP contribution < -0.4 is 16.1 Å². The van der Waals surface area contributed by atoms with Crippen molar-refractivity contribution >= 4 is 29.9 Å². The molecule has 5 N–H and O–H groups in total. The quantitative estimate of drug-likeness (QED) is 0.247. The van der Waals surface area contributed by atoms with Crippen LogP contribution in [0.3, 0.4) is 0 Å². The second-order valence-corrected chi connectivity index (χ2v) is 8.14. The second kappa shape index (κ2) is 11.0. The highest BCUT2D eigenvalue weighted by Gasteiger charge is 2.35. The van der Waals surface area contributed by atoms with Gasteiger partial charge in [0.15, 0.2) is 5.78 Å². The zero-order chi connectivity index (χ0) is 23.5. The summed E-state index contributed by atoms with van der Waals surface area (Å²) in [6.07, 6.45) is 0. The molecular weight excluding hydrogens is 472 g/mol. The topological polar surface area (TPSA) is 132 Å². The summed E-state index contributed by atoms with van der Waals surface area (Å²) in [5.41, 5.74) is 8.05. The van der Waals surface area contributed by atoms with E-state index in [2.05, 4.69) is 26.3 Å². The van der Waals surface area contributed by atoms with Crippen molar-refractivity contribution in [1.82, 2.24) is 25.9 Å². The molecule has 35 heavy (non-hydrogen) atoms. The zero-order valence-corrected chi connectivity index (χ0v) is 19.8. The smallest absolute Gasteiger partial charge is 0.333 e. The van der Waals surface area contributed by atoms with E-state index in [9.17, 15) is 9.59 Å². The normalized spacial score (nSPS) is 14.7. The number of nitrogens with one attached hydrogen (secondary N) is 4. The molecule has 3 aromatic rings. The van der Waals surface area contributed by atoms with Crippen LogP contribution >= 0.6 is 12.4 Å². The lowest BCUT2D eigenvalue weighted by Gasteiger charge is -2.27. The van der Waals surface area contributed by atoms with Crippen LogP contribution in [-0.2, 0) is 11.3 Å². The number of halogens is 1. The van der Waals surface area contributed by atoms with Crippen LogP contribution in [-0.4, -0.2) is 71.6 Å². The van der Waals surface area contributed by atoms with Crippen LogP contribution in [0.1, 0.15) is 21.5 Å². The number of benzene rings is 2. The maximum absolute atomic E-state index is 13.5. The lowest BCUT2D eigenvalue weighted by Crippen LogP contribution is -2.49. The van der Waals surface area contributed by atoms with E-state index in [1.807, 2.05) is 30.3 Å². The molecule has 1 aliphatic heterocycles. The Morgan fingerprint density at radius 2 is 1.89 bits per heavy atom. The fourth-order valence-corrected chi connectivity index (χ4v) is 4.26. The first-order chi connectivity index (χ1) is 16.7. The van der Waals surface area contributed by atoms with Crippen LogP contribution in [0.2, 0.25) is 0 Å². The first kappa shape index (κ1) is 24.8. The van der Waals surface area contributed by atoms with E-state index < -0.39 is 6.03 Å². The summed E-state index contributed by atoms with van der Waals surface area (Å²) in [6, 6.07) is 12.8. The highest BCUT2D eigenvalue weighted by molar-refractivity contribution is 6.26. The summed E-state index contributed by atoms with van der Waals surface area (Å²) < 4.78 is 5.30. The number of ketones is 1. The molecule has 2 aliphatic rings. The number of anilines is 1. The van der Waals surface area contributed by atoms with Crippen molar-refractivity contribution in [1.29, 1.82) is 0 Å². The first-order valence-electron chi connectivity index (χ1n) is 11.2. The van der Waals surface area contributed by atoms with Crippen LogP contribution in [0.25, 0.3) is 22.5 Å². The standard InChI is InChI=1S/C24H26N6O4.ClH/c31-11-8-25-14-15-4-6-16(7-5-15)21-20-22(28-27-21)17-2-1-3-18(19(17)23(20)32)26-24(33)29-30-9-12-34-13-10-30;/h1-7,25,31H,8-14H2,(H,27,28)(H2,26,29,33);1H. The summed E-state index contributed by atoms with van der Waals surface area (Å²) in [5, 5.41) is 24.1. The third-order valence-corrected chi connectivity index (χ3v) is 5.92. The molecule has 2 heterocycles. The Balaban J connectivity index is 0.00000289. The summed E-state index contributed by atoms with van der Waals surface area (Å²) in [4.78, 5) is 26.0. The van der Waals surface area contributed by atoms with E-state index in [0.29, 0.717) is 73.2 Å². The lowest BCUT2D eigenvalue weighted by molar-refractivity contribution is 0.0207. The molecule has 184 valence electrons. The number of amides is 2. The van der Waals surface area contributed by atoms with Gasteiger partial charge in [-0.1, -0.05) is 36.4 Å². The predicted octanol–water partition coefficient (Wildman–Crippen LogP) is 2.16. The number of aliphatic hydroxyl groups is 1. The van der Waals surface area contributed by atoms with E-state index in [0.717, 1.165) is 11.1 Å². The molecule has 5 rings (SSSR count). The number of carbonyl (C=O) groups excluding carboxylic acids is 2. The highest BCUT2D eigenvalue weighted by Crippen LogP contribution is 2.42. The Labute approximate surface area is 208 Å². The van der Waals surface area contributed by atoms with Crippen LogP contribution in [0.4, 0.5) is 10.5 Å². The Bertz CT molecular complexity index is 1210. The van der Waals surface area contributed by atoms with Gasteiger partial charge in [0, 0.05) is 37.3 Å². The maximum Gasteiger partial charge on any atom is 0.333 e. The van der Waals surface area contributed by atoms with Gasteiger partial charge in [-0.05, 0) is 11.6 Å². The number of hydrogen-bond acceptors (Lipinski definition) is 7. The van der Waals surface area contributed by atoms with Gasteiger partial charge in [-0.15, -0.1) is 12.4 Å². The summed E-state index contributed by atoms with van der Waals surface area (Å²) in [6.45, 7) is 3.60. The Morgan fingerprint density at radius 1 is 1.11 bits per heavy atom. The largest absolute Gasteiger partial charge is 0.395 e. The second-order valence-electron chi connectivity index (χ2n) is 8.14. The Kier molecular flexibility index (Phi) is 7.79. The van der Waals surface area contributed by atoms with E-state index in [4.69, 9.17) is 9.84 Å². The number of hydrogen-bond donors (Lipinski definition) is 5. The zero-order valence-electron chi connectivity index (χ0n) is 19.0. The Morgan fingerprint density at radius 3 is 2.63 bits per heavy atom. The molecule has 0 bridgehead atoms. The van der Waals surface area contributed by atoms with Crippen LogP contribution in [0.15, 0.2) is 42.5 Å². The van der Waals surface area contributed by atoms with E-state index in [1.54, 1.807) is 17.1 Å². The fourth-order valence-electron chi connectivity index (χ4n) is 4.26. The van der Waals surface area contributed by atoms with Gasteiger partial charge in [-0.3, -0.25) is 15.3 Å². The summed E-state index contributed by atoms with van der Waals surface area (Å²) in [5.74, 6) is -0.176. The van der Waals surface area contributed by atoms with Crippen molar-refractivity contribution < 1.29 is 19.4 Å². The molecule has 11 heteroatoms. The third-order valence-electron chi connectivity index (χ3n) is 5.92. The number of aromatic nitrogens is 2. The van der Waals surface area contributed by atoms with Gasteiger partial charge in [0.2, 0.25) is 0 Å². The molecule has 1 aromatic heterocycles. The van der Waals surface area contributed by atoms with Crippen molar-refractivity contribution in [3.05, 3.63) is 59.2 Å². The molecule has 1 fully saturated rings. The summed E-state index contributed by atoms with van der Waals surface area (Å²) >= 11 is 0. The molecule has 0 unspecified atom stereocenters. The molecule has 1 saturated heterocycles. The molecule has 0 saturated carbocycles. The Hall–Kier alpha value is -3.28. The van der Waals surface area contributed by atoms with E-state index in [-0.39, 0.29) is 24.8 Å². The number of rotatable bonds is 7. The minimum atomic E-state index is -0.401. The average molecular weight is 499 g/mol. The van der Waals surface area contributed by atoms with Crippen molar-refractivity contribution in [2.24, 2.45) is 0 Å². The van der Waals surface area contributed by atoms with Gasteiger partial charge in [0.25, 0.3) is 0 Å². The van der Waals surface area contributed by atoms with E-state index >= 15 is 0 Å². The number of nitrogens with zero attached hydrogens (tertiary/aromatic N) is 2. The number of ether oxygens (including phenoxy) is 1. The van der Waals surface area contributed by atoms with Crippen molar-refractivity contribution in [3.63, 3.8) is 0 Å². The third kappa shape index (κ3) is 5.07. The number of H-pyrrole nitrogens is 1. The van der Waals surface area contributed by atoms with Crippen LogP contribution in [0.5, 0.6) is 0 Å². The first-order valence-corrected chi connectivity index (χ1v) is 11.2. The minimum absolute atomic E-state index is 0.